The Bertz CT molecular complexity index is 982. The molecular formula is C20H24N6O3. The number of amides is 1. The summed E-state index contributed by atoms with van der Waals surface area (Å²) in [5.74, 6) is 3.36. The molecule has 0 saturated carbocycles. The number of aryl methyl sites for hydroxylation is 2. The van der Waals surface area contributed by atoms with Gasteiger partial charge in [-0.2, -0.15) is 10.1 Å². The Morgan fingerprint density at radius 1 is 1.38 bits per heavy atom. The van der Waals surface area contributed by atoms with Crippen LogP contribution in [0, 0.1) is 6.92 Å². The van der Waals surface area contributed by atoms with Gasteiger partial charge in [-0.25, -0.2) is 4.98 Å². The van der Waals surface area contributed by atoms with Gasteiger partial charge in [0.2, 0.25) is 17.6 Å². The molecule has 0 spiro atoms. The van der Waals surface area contributed by atoms with Crippen LogP contribution in [0.15, 0.2) is 28.8 Å². The van der Waals surface area contributed by atoms with Gasteiger partial charge in [-0.05, 0) is 38.3 Å². The molecule has 4 rings (SSSR count). The Balaban J connectivity index is 1.32. The fourth-order valence-corrected chi connectivity index (χ4v) is 3.61. The first-order valence-corrected chi connectivity index (χ1v) is 9.79. The van der Waals surface area contributed by atoms with E-state index in [1.165, 1.54) is 0 Å². The van der Waals surface area contributed by atoms with Crippen molar-refractivity contribution < 1.29 is 14.1 Å². The number of benzene rings is 1. The summed E-state index contributed by atoms with van der Waals surface area (Å²) in [6.45, 7) is 2.61. The predicted octanol–water partition coefficient (Wildman–Crippen LogP) is 2.86. The summed E-state index contributed by atoms with van der Waals surface area (Å²) in [7, 11) is 1.62. The molecular weight excluding hydrogens is 372 g/mol. The van der Waals surface area contributed by atoms with Gasteiger partial charge in [-0.15, -0.1) is 0 Å². The van der Waals surface area contributed by atoms with Crippen LogP contribution in [0.3, 0.4) is 0 Å². The quantitative estimate of drug-likeness (QED) is 0.654. The van der Waals surface area contributed by atoms with Crippen LogP contribution in [-0.4, -0.2) is 49.8 Å². The fraction of sp³-hybridized carbons (Fsp3) is 0.450. The summed E-state index contributed by atoms with van der Waals surface area (Å²) >= 11 is 0. The van der Waals surface area contributed by atoms with E-state index in [0.29, 0.717) is 36.8 Å². The summed E-state index contributed by atoms with van der Waals surface area (Å²) in [6.07, 6.45) is 3.50. The summed E-state index contributed by atoms with van der Waals surface area (Å²) in [6, 6.07) is 7.47. The number of likely N-dealkylation sites (tertiary alicyclic amines) is 1. The van der Waals surface area contributed by atoms with Gasteiger partial charge in [0.15, 0.2) is 5.82 Å². The highest BCUT2D eigenvalue weighted by Gasteiger charge is 2.32. The Morgan fingerprint density at radius 3 is 3.07 bits per heavy atom. The summed E-state index contributed by atoms with van der Waals surface area (Å²) in [5, 5.41) is 11.1. The third kappa shape index (κ3) is 4.28. The number of rotatable bonds is 7. The van der Waals surface area contributed by atoms with Crippen LogP contribution in [0.2, 0.25) is 0 Å². The second-order valence-corrected chi connectivity index (χ2v) is 7.12. The smallest absolute Gasteiger partial charge is 0.226 e. The van der Waals surface area contributed by atoms with Crippen LogP contribution >= 0.6 is 0 Å². The first-order chi connectivity index (χ1) is 14.1. The summed E-state index contributed by atoms with van der Waals surface area (Å²) in [5.41, 5.74) is 0.831. The first-order valence-electron chi connectivity index (χ1n) is 9.79. The maximum Gasteiger partial charge on any atom is 0.226 e. The fourth-order valence-electron chi connectivity index (χ4n) is 3.61. The molecule has 0 radical (unpaired) electrons. The van der Waals surface area contributed by atoms with E-state index in [0.717, 1.165) is 36.5 Å². The molecule has 152 valence electrons. The SMILES string of the molecule is COc1cccc(-c2noc(CCCC(=O)N3CCCC3c3n[nH]c(C)n3)n2)c1. The number of methoxy groups -OCH3 is 1. The second kappa shape index (κ2) is 8.42. The Kier molecular flexibility index (Phi) is 5.55. The van der Waals surface area contributed by atoms with E-state index in [1.54, 1.807) is 7.11 Å². The highest BCUT2D eigenvalue weighted by molar-refractivity contribution is 5.76. The maximum absolute atomic E-state index is 12.7. The zero-order valence-corrected chi connectivity index (χ0v) is 16.6. The number of ether oxygens (including phenoxy) is 1. The third-order valence-corrected chi connectivity index (χ3v) is 5.06. The molecule has 1 saturated heterocycles. The zero-order chi connectivity index (χ0) is 20.2. The Morgan fingerprint density at radius 2 is 2.28 bits per heavy atom. The van der Waals surface area contributed by atoms with Gasteiger partial charge in [0.1, 0.15) is 11.6 Å². The van der Waals surface area contributed by atoms with E-state index in [2.05, 4.69) is 25.3 Å². The predicted molar refractivity (Wildman–Crippen MR) is 104 cm³/mol. The van der Waals surface area contributed by atoms with Gasteiger partial charge in [-0.3, -0.25) is 9.89 Å². The number of aromatic amines is 1. The normalized spacial score (nSPS) is 16.3. The van der Waals surface area contributed by atoms with Gasteiger partial charge in [0.25, 0.3) is 0 Å². The number of nitrogens with one attached hydrogen (secondary N) is 1. The third-order valence-electron chi connectivity index (χ3n) is 5.06. The molecule has 0 aliphatic carbocycles. The van der Waals surface area contributed by atoms with Crippen LogP contribution in [0.5, 0.6) is 5.75 Å². The molecule has 0 bridgehead atoms. The van der Waals surface area contributed by atoms with Crippen molar-refractivity contribution in [3.05, 3.63) is 41.8 Å². The van der Waals surface area contributed by atoms with Gasteiger partial charge >= 0.3 is 0 Å². The number of carbonyl (C=O) groups is 1. The Hall–Kier alpha value is -3.23. The van der Waals surface area contributed by atoms with Crippen molar-refractivity contribution in [1.29, 1.82) is 0 Å². The first kappa shape index (κ1) is 19.1. The van der Waals surface area contributed by atoms with E-state index in [9.17, 15) is 4.79 Å². The second-order valence-electron chi connectivity index (χ2n) is 7.12. The van der Waals surface area contributed by atoms with Gasteiger partial charge in [-0.1, -0.05) is 17.3 Å². The highest BCUT2D eigenvalue weighted by atomic mass is 16.5. The molecule has 1 aliphatic rings. The standard InChI is InChI=1S/C20H24N6O3/c1-13-21-20(24-23-13)16-8-5-11-26(16)18(27)10-4-9-17-22-19(25-29-17)14-6-3-7-15(12-14)28-2/h3,6-7,12,16H,4-5,8-11H2,1-2H3,(H,21,23,24). The van der Waals surface area contributed by atoms with E-state index in [4.69, 9.17) is 9.26 Å². The molecule has 1 fully saturated rings. The molecule has 2 aromatic heterocycles. The van der Waals surface area contributed by atoms with E-state index >= 15 is 0 Å². The van der Waals surface area contributed by atoms with Crippen molar-refractivity contribution in [1.82, 2.24) is 30.2 Å². The molecule has 3 heterocycles. The van der Waals surface area contributed by atoms with E-state index < -0.39 is 0 Å². The molecule has 1 unspecified atom stereocenters. The van der Waals surface area contributed by atoms with Crippen molar-refractivity contribution >= 4 is 5.91 Å². The lowest BCUT2D eigenvalue weighted by Crippen LogP contribution is -2.31. The minimum Gasteiger partial charge on any atom is -0.497 e. The maximum atomic E-state index is 12.7. The van der Waals surface area contributed by atoms with E-state index in [1.807, 2.05) is 36.1 Å². The topological polar surface area (TPSA) is 110 Å². The largest absolute Gasteiger partial charge is 0.497 e. The van der Waals surface area contributed by atoms with E-state index in [-0.39, 0.29) is 11.9 Å². The number of hydrogen-bond acceptors (Lipinski definition) is 7. The number of hydrogen-bond donors (Lipinski definition) is 1. The van der Waals surface area contributed by atoms with Crippen LogP contribution in [-0.2, 0) is 11.2 Å². The van der Waals surface area contributed by atoms with Crippen LogP contribution in [0.1, 0.15) is 49.3 Å². The molecule has 1 amide bonds. The molecule has 1 aromatic carbocycles. The lowest BCUT2D eigenvalue weighted by atomic mass is 10.1. The number of H-pyrrole nitrogens is 1. The molecule has 29 heavy (non-hydrogen) atoms. The summed E-state index contributed by atoms with van der Waals surface area (Å²) in [4.78, 5) is 23.4. The highest BCUT2D eigenvalue weighted by Crippen LogP contribution is 2.30. The number of carbonyl (C=O) groups excluding carboxylic acids is 1. The molecule has 3 aromatic rings. The average molecular weight is 396 g/mol. The number of aromatic nitrogens is 5. The van der Waals surface area contributed by atoms with Crippen LogP contribution in [0.25, 0.3) is 11.4 Å². The van der Waals surface area contributed by atoms with Crippen molar-refractivity contribution in [2.75, 3.05) is 13.7 Å². The zero-order valence-electron chi connectivity index (χ0n) is 16.6. The van der Waals surface area contributed by atoms with Gasteiger partial charge in [0.05, 0.1) is 13.2 Å². The molecule has 1 atom stereocenters. The monoisotopic (exact) mass is 396 g/mol. The summed E-state index contributed by atoms with van der Waals surface area (Å²) < 4.78 is 10.6. The molecule has 9 heteroatoms. The Labute approximate surface area is 168 Å². The van der Waals surface area contributed by atoms with Crippen molar-refractivity contribution in [2.45, 2.75) is 45.1 Å². The minimum absolute atomic E-state index is 0.0319. The molecule has 1 N–H and O–H groups in total. The molecule has 9 nitrogen and oxygen atoms in total. The van der Waals surface area contributed by atoms with Crippen LogP contribution in [0.4, 0.5) is 0 Å². The lowest BCUT2D eigenvalue weighted by Gasteiger charge is -2.22. The van der Waals surface area contributed by atoms with Crippen molar-refractivity contribution in [3.8, 4) is 17.1 Å². The van der Waals surface area contributed by atoms with Crippen LogP contribution < -0.4 is 4.74 Å². The average Bonchev–Trinajstić information content (AvgIpc) is 3.48. The molecule has 1 aliphatic heterocycles. The lowest BCUT2D eigenvalue weighted by molar-refractivity contribution is -0.132. The minimum atomic E-state index is -0.0319. The van der Waals surface area contributed by atoms with Gasteiger partial charge < -0.3 is 14.2 Å². The van der Waals surface area contributed by atoms with Gasteiger partial charge in [0, 0.05) is 24.9 Å². The van der Waals surface area contributed by atoms with Crippen molar-refractivity contribution in [3.63, 3.8) is 0 Å². The van der Waals surface area contributed by atoms with Crippen molar-refractivity contribution in [2.24, 2.45) is 0 Å². The number of nitrogens with zero attached hydrogens (tertiary/aromatic N) is 5.